The molecule has 0 aliphatic heterocycles. The number of aromatic nitrogens is 2. The third kappa shape index (κ3) is 4.82. The van der Waals surface area contributed by atoms with E-state index in [0.29, 0.717) is 12.4 Å². The second kappa shape index (κ2) is 8.31. The van der Waals surface area contributed by atoms with E-state index in [-0.39, 0.29) is 11.6 Å². The minimum atomic E-state index is -0.297. The molecule has 27 heavy (non-hydrogen) atoms. The predicted molar refractivity (Wildman–Crippen MR) is 107 cm³/mol. The number of hydrogen-bond donors (Lipinski definition) is 2. The maximum atomic E-state index is 12.4. The number of amides is 1. The van der Waals surface area contributed by atoms with Gasteiger partial charge in [-0.3, -0.25) is 4.79 Å². The molecule has 0 spiro atoms. The number of carbonyl (C=O) groups excluding carboxylic acids is 1. The Morgan fingerprint density at radius 1 is 1.04 bits per heavy atom. The number of benzene rings is 2. The van der Waals surface area contributed by atoms with Crippen molar-refractivity contribution in [3.8, 4) is 5.75 Å². The van der Waals surface area contributed by atoms with Crippen LogP contribution in [0.15, 0.2) is 54.9 Å². The van der Waals surface area contributed by atoms with Gasteiger partial charge in [-0.2, -0.15) is 0 Å². The van der Waals surface area contributed by atoms with E-state index >= 15 is 0 Å². The van der Waals surface area contributed by atoms with Crippen molar-refractivity contribution in [2.45, 2.75) is 20.8 Å². The monoisotopic (exact) mass is 362 g/mol. The fourth-order valence-electron chi connectivity index (χ4n) is 2.74. The highest BCUT2D eigenvalue weighted by Gasteiger charge is 2.10. The third-order valence-corrected chi connectivity index (χ3v) is 3.81. The van der Waals surface area contributed by atoms with Crippen LogP contribution in [0.25, 0.3) is 0 Å². The molecule has 2 aromatic carbocycles. The summed E-state index contributed by atoms with van der Waals surface area (Å²) in [5.41, 5.74) is 3.96. The SMILES string of the molecule is CCOc1ccccc1Nc1cnc(C(=O)Nc2cc(C)cc(C)c2)cn1. The van der Waals surface area contributed by atoms with Gasteiger partial charge in [-0.05, 0) is 56.2 Å². The molecule has 1 aromatic heterocycles. The van der Waals surface area contributed by atoms with E-state index in [1.807, 2.05) is 57.2 Å². The molecule has 0 unspecified atom stereocenters. The topological polar surface area (TPSA) is 76.1 Å². The van der Waals surface area contributed by atoms with Crippen LogP contribution < -0.4 is 15.4 Å². The molecule has 3 aromatic rings. The van der Waals surface area contributed by atoms with Gasteiger partial charge in [0.05, 0.1) is 24.7 Å². The average Bonchev–Trinajstić information content (AvgIpc) is 2.63. The first kappa shape index (κ1) is 18.4. The van der Waals surface area contributed by atoms with Gasteiger partial charge in [-0.25, -0.2) is 9.97 Å². The Kier molecular flexibility index (Phi) is 5.66. The fourth-order valence-corrected chi connectivity index (χ4v) is 2.74. The number of carbonyl (C=O) groups is 1. The molecule has 0 radical (unpaired) electrons. The van der Waals surface area contributed by atoms with E-state index in [2.05, 4.69) is 26.7 Å². The molecule has 3 rings (SSSR count). The van der Waals surface area contributed by atoms with Gasteiger partial charge in [0.25, 0.3) is 5.91 Å². The van der Waals surface area contributed by atoms with Gasteiger partial charge in [0.15, 0.2) is 0 Å². The lowest BCUT2D eigenvalue weighted by Gasteiger charge is -2.11. The first-order valence-corrected chi connectivity index (χ1v) is 8.75. The van der Waals surface area contributed by atoms with Crippen molar-refractivity contribution in [1.29, 1.82) is 0 Å². The number of ether oxygens (including phenoxy) is 1. The van der Waals surface area contributed by atoms with Crippen LogP contribution in [0.2, 0.25) is 0 Å². The van der Waals surface area contributed by atoms with Gasteiger partial charge in [0, 0.05) is 5.69 Å². The van der Waals surface area contributed by atoms with Crippen LogP contribution in [0.5, 0.6) is 5.75 Å². The standard InChI is InChI=1S/C21H22N4O2/c1-4-27-19-8-6-5-7-17(19)25-20-13-22-18(12-23-20)21(26)24-16-10-14(2)9-15(3)11-16/h5-13H,4H2,1-3H3,(H,23,25)(H,24,26). The third-order valence-electron chi connectivity index (χ3n) is 3.81. The summed E-state index contributed by atoms with van der Waals surface area (Å²) in [6.07, 6.45) is 2.97. The molecule has 0 saturated heterocycles. The summed E-state index contributed by atoms with van der Waals surface area (Å²) in [6, 6.07) is 13.5. The molecule has 1 heterocycles. The van der Waals surface area contributed by atoms with Gasteiger partial charge >= 0.3 is 0 Å². The summed E-state index contributed by atoms with van der Waals surface area (Å²) in [5, 5.41) is 6.01. The molecular formula is C21H22N4O2. The Bertz CT molecular complexity index is 919. The van der Waals surface area contributed by atoms with Crippen LogP contribution in [-0.2, 0) is 0 Å². The molecule has 0 aliphatic rings. The molecule has 0 fully saturated rings. The van der Waals surface area contributed by atoms with E-state index in [0.717, 1.165) is 28.3 Å². The maximum absolute atomic E-state index is 12.4. The van der Waals surface area contributed by atoms with Gasteiger partial charge < -0.3 is 15.4 Å². The molecule has 6 nitrogen and oxygen atoms in total. The summed E-state index contributed by atoms with van der Waals surface area (Å²) >= 11 is 0. The summed E-state index contributed by atoms with van der Waals surface area (Å²) in [4.78, 5) is 20.9. The molecule has 0 aliphatic carbocycles. The molecule has 1 amide bonds. The van der Waals surface area contributed by atoms with Gasteiger partial charge in [0.1, 0.15) is 17.3 Å². The maximum Gasteiger partial charge on any atom is 0.275 e. The highest BCUT2D eigenvalue weighted by atomic mass is 16.5. The van der Waals surface area contributed by atoms with E-state index in [1.54, 1.807) is 0 Å². The highest BCUT2D eigenvalue weighted by Crippen LogP contribution is 2.26. The van der Waals surface area contributed by atoms with Crippen molar-refractivity contribution in [3.05, 3.63) is 71.7 Å². The quantitative estimate of drug-likeness (QED) is 0.676. The van der Waals surface area contributed by atoms with E-state index in [9.17, 15) is 4.79 Å². The van der Waals surface area contributed by atoms with Crippen molar-refractivity contribution < 1.29 is 9.53 Å². The number of aryl methyl sites for hydroxylation is 2. The zero-order chi connectivity index (χ0) is 19.2. The second-order valence-corrected chi connectivity index (χ2v) is 6.17. The van der Waals surface area contributed by atoms with Crippen LogP contribution in [-0.4, -0.2) is 22.5 Å². The lowest BCUT2D eigenvalue weighted by Crippen LogP contribution is -2.14. The zero-order valence-corrected chi connectivity index (χ0v) is 15.6. The van der Waals surface area contributed by atoms with E-state index in [1.165, 1.54) is 12.4 Å². The van der Waals surface area contributed by atoms with Crippen LogP contribution in [0.3, 0.4) is 0 Å². The summed E-state index contributed by atoms with van der Waals surface area (Å²) in [7, 11) is 0. The summed E-state index contributed by atoms with van der Waals surface area (Å²) < 4.78 is 5.58. The molecule has 138 valence electrons. The number of anilines is 3. The van der Waals surface area contributed by atoms with Crippen molar-refractivity contribution in [2.75, 3.05) is 17.2 Å². The fraction of sp³-hybridized carbons (Fsp3) is 0.190. The lowest BCUT2D eigenvalue weighted by atomic mass is 10.1. The first-order valence-electron chi connectivity index (χ1n) is 8.75. The van der Waals surface area contributed by atoms with Gasteiger partial charge in [-0.1, -0.05) is 18.2 Å². The lowest BCUT2D eigenvalue weighted by molar-refractivity contribution is 0.102. The minimum Gasteiger partial charge on any atom is -0.492 e. The number of hydrogen-bond acceptors (Lipinski definition) is 5. The number of nitrogens with one attached hydrogen (secondary N) is 2. The Labute approximate surface area is 158 Å². The van der Waals surface area contributed by atoms with Crippen molar-refractivity contribution >= 4 is 23.1 Å². The number of rotatable bonds is 6. The van der Waals surface area contributed by atoms with Crippen molar-refractivity contribution in [1.82, 2.24) is 9.97 Å². The molecule has 0 saturated carbocycles. The second-order valence-electron chi connectivity index (χ2n) is 6.17. The molecule has 0 bridgehead atoms. The zero-order valence-electron chi connectivity index (χ0n) is 15.6. The summed E-state index contributed by atoms with van der Waals surface area (Å²) in [6.45, 7) is 6.48. The predicted octanol–water partition coefficient (Wildman–Crippen LogP) is 4.49. The smallest absolute Gasteiger partial charge is 0.275 e. The van der Waals surface area contributed by atoms with Crippen LogP contribution in [0.4, 0.5) is 17.2 Å². The molecule has 0 atom stereocenters. The van der Waals surface area contributed by atoms with Gasteiger partial charge in [-0.15, -0.1) is 0 Å². The van der Waals surface area contributed by atoms with Crippen LogP contribution in [0.1, 0.15) is 28.5 Å². The number of nitrogens with zero attached hydrogens (tertiary/aromatic N) is 2. The van der Waals surface area contributed by atoms with E-state index < -0.39 is 0 Å². The Hall–Kier alpha value is -3.41. The average molecular weight is 362 g/mol. The van der Waals surface area contributed by atoms with Crippen LogP contribution in [0, 0.1) is 13.8 Å². The Morgan fingerprint density at radius 3 is 2.44 bits per heavy atom. The van der Waals surface area contributed by atoms with Crippen molar-refractivity contribution in [2.24, 2.45) is 0 Å². The van der Waals surface area contributed by atoms with Crippen molar-refractivity contribution in [3.63, 3.8) is 0 Å². The van der Waals surface area contributed by atoms with E-state index in [4.69, 9.17) is 4.74 Å². The molecule has 2 N–H and O–H groups in total. The number of para-hydroxylation sites is 2. The Balaban J connectivity index is 1.70. The van der Waals surface area contributed by atoms with Crippen LogP contribution >= 0.6 is 0 Å². The Morgan fingerprint density at radius 2 is 1.78 bits per heavy atom. The first-order chi connectivity index (χ1) is 13.0. The minimum absolute atomic E-state index is 0.248. The normalized spacial score (nSPS) is 10.3. The summed E-state index contributed by atoms with van der Waals surface area (Å²) in [5.74, 6) is 0.970. The highest BCUT2D eigenvalue weighted by molar-refractivity contribution is 6.02. The molecular weight excluding hydrogens is 340 g/mol. The largest absolute Gasteiger partial charge is 0.492 e. The van der Waals surface area contributed by atoms with Gasteiger partial charge in [0.2, 0.25) is 0 Å². The molecule has 6 heteroatoms.